The summed E-state index contributed by atoms with van der Waals surface area (Å²) in [6.07, 6.45) is 1.51. The molecule has 0 saturated carbocycles. The van der Waals surface area contributed by atoms with Crippen LogP contribution >= 0.6 is 11.6 Å². The molecular formula is C11H16ClN3O. The fraction of sp³-hybridized carbons (Fsp3) is 0.636. The first-order valence-corrected chi connectivity index (χ1v) is 5.80. The van der Waals surface area contributed by atoms with E-state index in [4.69, 9.17) is 16.3 Å². The standard InChI is InChI=1S/C11H16ClN3O/c1-8-4-15(5-9(8)6-16-2)11-3-10(12)13-7-14-11/h3,7-9H,4-6H2,1-2H3/t8-,9+/m1/s1. The highest BCUT2D eigenvalue weighted by molar-refractivity contribution is 6.29. The molecule has 0 radical (unpaired) electrons. The van der Waals surface area contributed by atoms with Gasteiger partial charge in [0.05, 0.1) is 6.61 Å². The molecule has 0 unspecified atom stereocenters. The van der Waals surface area contributed by atoms with Crippen LogP contribution in [-0.2, 0) is 4.74 Å². The Bertz CT molecular complexity index is 361. The van der Waals surface area contributed by atoms with Gasteiger partial charge in [0, 0.05) is 32.2 Å². The highest BCUT2D eigenvalue weighted by Crippen LogP contribution is 2.27. The van der Waals surface area contributed by atoms with Crippen molar-refractivity contribution in [3.8, 4) is 0 Å². The summed E-state index contributed by atoms with van der Waals surface area (Å²) in [5, 5.41) is 0.493. The minimum absolute atomic E-state index is 0.493. The van der Waals surface area contributed by atoms with Crippen molar-refractivity contribution in [2.75, 3.05) is 31.7 Å². The third kappa shape index (κ3) is 2.44. The van der Waals surface area contributed by atoms with Crippen LogP contribution in [0.25, 0.3) is 0 Å². The maximum Gasteiger partial charge on any atom is 0.134 e. The molecule has 88 valence electrons. The Morgan fingerprint density at radius 1 is 1.50 bits per heavy atom. The van der Waals surface area contributed by atoms with Crippen molar-refractivity contribution in [3.63, 3.8) is 0 Å². The van der Waals surface area contributed by atoms with E-state index in [1.54, 1.807) is 7.11 Å². The van der Waals surface area contributed by atoms with Crippen molar-refractivity contribution in [3.05, 3.63) is 17.5 Å². The van der Waals surface area contributed by atoms with E-state index in [2.05, 4.69) is 21.8 Å². The molecule has 2 atom stereocenters. The molecule has 1 aliphatic heterocycles. The van der Waals surface area contributed by atoms with E-state index >= 15 is 0 Å². The summed E-state index contributed by atoms with van der Waals surface area (Å²) >= 11 is 5.85. The molecule has 1 aliphatic rings. The van der Waals surface area contributed by atoms with Gasteiger partial charge in [0.1, 0.15) is 17.3 Å². The third-order valence-corrected chi connectivity index (χ3v) is 3.30. The molecule has 0 N–H and O–H groups in total. The van der Waals surface area contributed by atoms with Crippen LogP contribution in [0.2, 0.25) is 5.15 Å². The highest BCUT2D eigenvalue weighted by Gasteiger charge is 2.30. The van der Waals surface area contributed by atoms with Gasteiger partial charge in [-0.25, -0.2) is 9.97 Å². The van der Waals surface area contributed by atoms with Crippen molar-refractivity contribution in [2.24, 2.45) is 11.8 Å². The molecule has 0 bridgehead atoms. The number of hydrogen-bond donors (Lipinski definition) is 0. The van der Waals surface area contributed by atoms with Crippen LogP contribution in [0.4, 0.5) is 5.82 Å². The Hall–Kier alpha value is -0.870. The number of methoxy groups -OCH3 is 1. The Morgan fingerprint density at radius 3 is 3.00 bits per heavy atom. The number of hydrogen-bond acceptors (Lipinski definition) is 4. The molecule has 0 amide bonds. The summed E-state index contributed by atoms with van der Waals surface area (Å²) in [4.78, 5) is 10.4. The predicted octanol–water partition coefficient (Wildman–Crippen LogP) is 1.85. The number of rotatable bonds is 3. The fourth-order valence-corrected chi connectivity index (χ4v) is 2.29. The lowest BCUT2D eigenvalue weighted by Crippen LogP contribution is -2.21. The topological polar surface area (TPSA) is 38.2 Å². The van der Waals surface area contributed by atoms with Gasteiger partial charge in [-0.2, -0.15) is 0 Å². The smallest absolute Gasteiger partial charge is 0.134 e. The summed E-state index contributed by atoms with van der Waals surface area (Å²) in [6, 6.07) is 1.81. The lowest BCUT2D eigenvalue weighted by molar-refractivity contribution is 0.144. The lowest BCUT2D eigenvalue weighted by atomic mass is 10.00. The van der Waals surface area contributed by atoms with Crippen LogP contribution in [0.15, 0.2) is 12.4 Å². The van der Waals surface area contributed by atoms with Gasteiger partial charge in [-0.1, -0.05) is 18.5 Å². The number of halogens is 1. The maximum absolute atomic E-state index is 5.85. The van der Waals surface area contributed by atoms with E-state index in [1.807, 2.05) is 6.07 Å². The molecule has 2 rings (SSSR count). The Balaban J connectivity index is 2.07. The van der Waals surface area contributed by atoms with Crippen LogP contribution in [0.3, 0.4) is 0 Å². The molecule has 1 aromatic rings. The van der Waals surface area contributed by atoms with Gasteiger partial charge in [-0.3, -0.25) is 0 Å². The number of ether oxygens (including phenoxy) is 1. The Kier molecular flexibility index (Phi) is 3.61. The second-order valence-corrected chi connectivity index (χ2v) is 4.68. The molecule has 5 heteroatoms. The molecule has 0 aromatic carbocycles. The molecular weight excluding hydrogens is 226 g/mol. The minimum atomic E-state index is 0.493. The maximum atomic E-state index is 5.85. The van der Waals surface area contributed by atoms with E-state index < -0.39 is 0 Å². The second kappa shape index (κ2) is 4.97. The van der Waals surface area contributed by atoms with E-state index in [-0.39, 0.29) is 0 Å². The van der Waals surface area contributed by atoms with Crippen LogP contribution in [0, 0.1) is 11.8 Å². The molecule has 2 heterocycles. The van der Waals surface area contributed by atoms with Gasteiger partial charge in [0.2, 0.25) is 0 Å². The normalized spacial score (nSPS) is 25.1. The molecule has 16 heavy (non-hydrogen) atoms. The van der Waals surface area contributed by atoms with Crippen molar-refractivity contribution >= 4 is 17.4 Å². The van der Waals surface area contributed by atoms with E-state index in [0.717, 1.165) is 25.5 Å². The molecule has 4 nitrogen and oxygen atoms in total. The summed E-state index contributed by atoms with van der Waals surface area (Å²) in [5.41, 5.74) is 0. The van der Waals surface area contributed by atoms with Gasteiger partial charge in [-0.05, 0) is 5.92 Å². The lowest BCUT2D eigenvalue weighted by Gasteiger charge is -2.16. The Labute approximate surface area is 101 Å². The average Bonchev–Trinajstić information content (AvgIpc) is 2.61. The monoisotopic (exact) mass is 241 g/mol. The van der Waals surface area contributed by atoms with Crippen molar-refractivity contribution in [1.29, 1.82) is 0 Å². The van der Waals surface area contributed by atoms with Crippen LogP contribution in [-0.4, -0.2) is 36.8 Å². The fourth-order valence-electron chi connectivity index (χ4n) is 2.15. The first kappa shape index (κ1) is 11.6. The second-order valence-electron chi connectivity index (χ2n) is 4.30. The van der Waals surface area contributed by atoms with E-state index in [0.29, 0.717) is 17.0 Å². The van der Waals surface area contributed by atoms with Gasteiger partial charge in [0.15, 0.2) is 0 Å². The van der Waals surface area contributed by atoms with Gasteiger partial charge in [-0.15, -0.1) is 0 Å². The largest absolute Gasteiger partial charge is 0.384 e. The van der Waals surface area contributed by atoms with Gasteiger partial charge in [0.25, 0.3) is 0 Å². The van der Waals surface area contributed by atoms with Crippen molar-refractivity contribution in [2.45, 2.75) is 6.92 Å². The van der Waals surface area contributed by atoms with E-state index in [1.165, 1.54) is 6.33 Å². The molecule has 1 fully saturated rings. The zero-order valence-corrected chi connectivity index (χ0v) is 10.3. The first-order chi connectivity index (χ1) is 7.70. The first-order valence-electron chi connectivity index (χ1n) is 5.42. The predicted molar refractivity (Wildman–Crippen MR) is 63.8 cm³/mol. The van der Waals surface area contributed by atoms with Crippen LogP contribution < -0.4 is 4.90 Å². The molecule has 1 saturated heterocycles. The van der Waals surface area contributed by atoms with Crippen molar-refractivity contribution in [1.82, 2.24) is 9.97 Å². The third-order valence-electron chi connectivity index (χ3n) is 3.09. The Morgan fingerprint density at radius 2 is 2.31 bits per heavy atom. The average molecular weight is 242 g/mol. The zero-order chi connectivity index (χ0) is 11.5. The zero-order valence-electron chi connectivity index (χ0n) is 9.56. The quantitative estimate of drug-likeness (QED) is 0.757. The number of anilines is 1. The van der Waals surface area contributed by atoms with Crippen LogP contribution in [0.5, 0.6) is 0 Å². The summed E-state index contributed by atoms with van der Waals surface area (Å²) < 4.78 is 5.22. The summed E-state index contributed by atoms with van der Waals surface area (Å²) in [6.45, 7) is 5.02. The number of aromatic nitrogens is 2. The molecule has 0 aliphatic carbocycles. The van der Waals surface area contributed by atoms with Crippen LogP contribution in [0.1, 0.15) is 6.92 Å². The molecule has 0 spiro atoms. The van der Waals surface area contributed by atoms with Gasteiger partial charge < -0.3 is 9.64 Å². The summed E-state index contributed by atoms with van der Waals surface area (Å²) in [7, 11) is 1.75. The molecule has 1 aromatic heterocycles. The number of nitrogens with zero attached hydrogens (tertiary/aromatic N) is 3. The minimum Gasteiger partial charge on any atom is -0.384 e. The van der Waals surface area contributed by atoms with E-state index in [9.17, 15) is 0 Å². The summed E-state index contributed by atoms with van der Waals surface area (Å²) in [5.74, 6) is 2.10. The van der Waals surface area contributed by atoms with Crippen molar-refractivity contribution < 1.29 is 4.74 Å². The van der Waals surface area contributed by atoms with Gasteiger partial charge >= 0.3 is 0 Å². The highest BCUT2D eigenvalue weighted by atomic mass is 35.5. The SMILES string of the molecule is COC[C@@H]1CN(c2cc(Cl)ncn2)C[C@H]1C.